The summed E-state index contributed by atoms with van der Waals surface area (Å²) in [5.41, 5.74) is 3.92. The van der Waals surface area contributed by atoms with Crippen LogP contribution in [-0.4, -0.2) is 23.1 Å². The number of methoxy groups -OCH3 is 1. The Bertz CT molecular complexity index is 1350. The number of fused-ring (bicyclic) bond motifs is 1. The van der Waals surface area contributed by atoms with Gasteiger partial charge in [0.25, 0.3) is 5.91 Å². The second kappa shape index (κ2) is 9.16. The molecule has 0 aliphatic heterocycles. The first-order chi connectivity index (χ1) is 15.4. The van der Waals surface area contributed by atoms with E-state index in [9.17, 15) is 4.79 Å². The fraction of sp³-hybridized carbons (Fsp3) is 0.0870. The predicted octanol–water partition coefficient (Wildman–Crippen LogP) is 6.25. The number of ether oxygens (including phenoxy) is 1. The van der Waals surface area contributed by atoms with Crippen LogP contribution in [0.15, 0.2) is 59.0 Å². The van der Waals surface area contributed by atoms with Gasteiger partial charge in [0, 0.05) is 21.3 Å². The minimum atomic E-state index is -0.438. The van der Waals surface area contributed by atoms with Crippen LogP contribution < -0.4 is 15.4 Å². The highest BCUT2D eigenvalue weighted by Gasteiger charge is 2.17. The summed E-state index contributed by atoms with van der Waals surface area (Å²) < 4.78 is 11.1. The van der Waals surface area contributed by atoms with Crippen molar-refractivity contribution in [2.24, 2.45) is 0 Å². The quantitative estimate of drug-likeness (QED) is 0.333. The number of amides is 1. The largest absolute Gasteiger partial charge is 0.496 e. The number of carbonyl (C=O) groups is 1. The van der Waals surface area contributed by atoms with Crippen LogP contribution in [0.2, 0.25) is 10.0 Å². The molecule has 0 saturated heterocycles. The highest BCUT2D eigenvalue weighted by atomic mass is 35.5. The molecule has 4 aromatic rings. The molecule has 9 heteroatoms. The molecule has 6 nitrogen and oxygen atoms in total. The van der Waals surface area contributed by atoms with Crippen molar-refractivity contribution in [2.75, 3.05) is 12.4 Å². The van der Waals surface area contributed by atoms with Gasteiger partial charge in [-0.1, -0.05) is 29.3 Å². The maximum atomic E-state index is 12.7. The molecular weight excluding hydrogens is 469 g/mol. The number of halogens is 2. The van der Waals surface area contributed by atoms with Crippen molar-refractivity contribution >= 4 is 63.2 Å². The van der Waals surface area contributed by atoms with E-state index in [-0.39, 0.29) is 10.7 Å². The molecule has 0 bridgehead atoms. The van der Waals surface area contributed by atoms with Crippen LogP contribution in [0.1, 0.15) is 15.9 Å². The van der Waals surface area contributed by atoms with Gasteiger partial charge in [0.05, 0.1) is 12.7 Å². The second-order valence-electron chi connectivity index (χ2n) is 6.86. The van der Waals surface area contributed by atoms with Crippen molar-refractivity contribution in [2.45, 2.75) is 6.92 Å². The first-order valence-electron chi connectivity index (χ1n) is 9.47. The summed E-state index contributed by atoms with van der Waals surface area (Å²) in [7, 11) is 1.48. The van der Waals surface area contributed by atoms with E-state index in [2.05, 4.69) is 15.6 Å². The molecule has 1 aromatic heterocycles. The number of nitrogens with one attached hydrogen (secondary N) is 2. The number of hydrogen-bond acceptors (Lipinski definition) is 5. The van der Waals surface area contributed by atoms with Gasteiger partial charge < -0.3 is 14.5 Å². The van der Waals surface area contributed by atoms with Gasteiger partial charge >= 0.3 is 0 Å². The average Bonchev–Trinajstić information content (AvgIpc) is 3.18. The molecule has 4 rings (SSSR count). The van der Waals surface area contributed by atoms with Gasteiger partial charge in [-0.15, -0.1) is 0 Å². The van der Waals surface area contributed by atoms with Crippen LogP contribution in [0.25, 0.3) is 22.6 Å². The van der Waals surface area contributed by atoms with E-state index in [4.69, 9.17) is 44.6 Å². The normalized spacial score (nSPS) is 10.8. The van der Waals surface area contributed by atoms with E-state index in [1.165, 1.54) is 13.2 Å². The molecule has 0 atom stereocenters. The Morgan fingerprint density at radius 1 is 1.09 bits per heavy atom. The van der Waals surface area contributed by atoms with Crippen LogP contribution in [0.3, 0.4) is 0 Å². The van der Waals surface area contributed by atoms with Gasteiger partial charge in [-0.25, -0.2) is 4.98 Å². The molecule has 0 aliphatic carbocycles. The molecule has 3 aromatic carbocycles. The molecule has 0 fully saturated rings. The van der Waals surface area contributed by atoms with E-state index in [0.717, 1.165) is 11.1 Å². The number of nitrogens with zero attached hydrogens (tertiary/aromatic N) is 1. The summed E-state index contributed by atoms with van der Waals surface area (Å²) >= 11 is 17.4. The maximum absolute atomic E-state index is 12.7. The van der Waals surface area contributed by atoms with Crippen LogP contribution >= 0.6 is 35.4 Å². The molecule has 162 valence electrons. The van der Waals surface area contributed by atoms with Gasteiger partial charge in [0.2, 0.25) is 5.89 Å². The summed E-state index contributed by atoms with van der Waals surface area (Å²) in [4.78, 5) is 17.2. The Hall–Kier alpha value is -3.13. The molecule has 32 heavy (non-hydrogen) atoms. The third-order valence-electron chi connectivity index (χ3n) is 4.80. The Labute approximate surface area is 199 Å². The molecule has 0 unspecified atom stereocenters. The van der Waals surface area contributed by atoms with E-state index in [1.54, 1.807) is 30.3 Å². The number of aromatic nitrogens is 1. The summed E-state index contributed by atoms with van der Waals surface area (Å²) in [6, 6.07) is 15.6. The topological polar surface area (TPSA) is 76.4 Å². The van der Waals surface area contributed by atoms with E-state index in [1.807, 2.05) is 25.1 Å². The number of thiocarbonyl (C=S) groups is 1. The zero-order chi connectivity index (χ0) is 22.8. The summed E-state index contributed by atoms with van der Waals surface area (Å²) in [6.07, 6.45) is 0. The summed E-state index contributed by atoms with van der Waals surface area (Å²) in [5.74, 6) is 0.414. The van der Waals surface area contributed by atoms with Crippen LogP contribution in [-0.2, 0) is 0 Å². The Morgan fingerprint density at radius 2 is 1.84 bits per heavy atom. The van der Waals surface area contributed by atoms with Crippen molar-refractivity contribution in [3.63, 3.8) is 0 Å². The van der Waals surface area contributed by atoms with Crippen molar-refractivity contribution in [1.29, 1.82) is 0 Å². The highest BCUT2D eigenvalue weighted by Crippen LogP contribution is 2.31. The standard InChI is InChI=1S/C23H17Cl2N3O3S/c1-12-15(22-26-18-11-14(25)7-9-20(18)31-22)4-3-5-17(12)27-23(32)28-21(29)16-10-13(24)6-8-19(16)30-2/h3-11H,1-2H3,(H2,27,28,29,32). The minimum Gasteiger partial charge on any atom is -0.496 e. The third-order valence-corrected chi connectivity index (χ3v) is 5.47. The number of rotatable bonds is 4. The van der Waals surface area contributed by atoms with Crippen LogP contribution in [0, 0.1) is 6.92 Å². The van der Waals surface area contributed by atoms with Crippen molar-refractivity contribution in [3.05, 3.63) is 75.8 Å². The van der Waals surface area contributed by atoms with E-state index < -0.39 is 5.91 Å². The van der Waals surface area contributed by atoms with Crippen LogP contribution in [0.4, 0.5) is 5.69 Å². The number of anilines is 1. The minimum absolute atomic E-state index is 0.127. The molecule has 0 radical (unpaired) electrons. The second-order valence-corrected chi connectivity index (χ2v) is 8.14. The number of benzene rings is 3. The summed E-state index contributed by atoms with van der Waals surface area (Å²) in [6.45, 7) is 1.91. The SMILES string of the molecule is COc1ccc(Cl)cc1C(=O)NC(=S)Nc1cccc(-c2nc3cc(Cl)ccc3o2)c1C. The lowest BCUT2D eigenvalue weighted by atomic mass is 10.1. The first kappa shape index (κ1) is 22.1. The van der Waals surface area contributed by atoms with Gasteiger partial charge in [0.15, 0.2) is 10.7 Å². The lowest BCUT2D eigenvalue weighted by molar-refractivity contribution is 0.0975. The van der Waals surface area contributed by atoms with E-state index >= 15 is 0 Å². The van der Waals surface area contributed by atoms with Crippen molar-refractivity contribution in [3.8, 4) is 17.2 Å². The molecule has 0 saturated carbocycles. The van der Waals surface area contributed by atoms with Gasteiger partial charge in [-0.3, -0.25) is 10.1 Å². The lowest BCUT2D eigenvalue weighted by Gasteiger charge is -2.14. The zero-order valence-electron chi connectivity index (χ0n) is 17.0. The molecule has 1 heterocycles. The first-order valence-corrected chi connectivity index (χ1v) is 10.6. The lowest BCUT2D eigenvalue weighted by Crippen LogP contribution is -2.34. The van der Waals surface area contributed by atoms with Gasteiger partial charge in [-0.05, 0) is 73.2 Å². The van der Waals surface area contributed by atoms with Gasteiger partial charge in [-0.2, -0.15) is 0 Å². The Kier molecular flexibility index (Phi) is 6.32. The fourth-order valence-corrected chi connectivity index (χ4v) is 3.74. The number of carbonyl (C=O) groups excluding carboxylic acids is 1. The third kappa shape index (κ3) is 4.55. The monoisotopic (exact) mass is 485 g/mol. The molecular formula is C23H17Cl2N3O3S. The number of oxazole rings is 1. The van der Waals surface area contributed by atoms with E-state index in [0.29, 0.717) is 38.5 Å². The number of hydrogen-bond donors (Lipinski definition) is 2. The average molecular weight is 486 g/mol. The van der Waals surface area contributed by atoms with Crippen molar-refractivity contribution in [1.82, 2.24) is 10.3 Å². The summed E-state index contributed by atoms with van der Waals surface area (Å²) in [5, 5.41) is 6.83. The zero-order valence-corrected chi connectivity index (χ0v) is 19.4. The molecule has 0 spiro atoms. The highest BCUT2D eigenvalue weighted by molar-refractivity contribution is 7.80. The Balaban J connectivity index is 1.55. The molecule has 0 aliphatic rings. The van der Waals surface area contributed by atoms with Crippen molar-refractivity contribution < 1.29 is 13.9 Å². The molecule has 1 amide bonds. The fourth-order valence-electron chi connectivity index (χ4n) is 3.20. The maximum Gasteiger partial charge on any atom is 0.261 e. The molecule has 2 N–H and O–H groups in total. The Morgan fingerprint density at radius 3 is 2.62 bits per heavy atom. The van der Waals surface area contributed by atoms with Gasteiger partial charge in [0.1, 0.15) is 11.3 Å². The predicted molar refractivity (Wildman–Crippen MR) is 131 cm³/mol. The van der Waals surface area contributed by atoms with Crippen LogP contribution in [0.5, 0.6) is 5.75 Å². The smallest absolute Gasteiger partial charge is 0.261 e.